The molecule has 2 bridgehead atoms. The van der Waals surface area contributed by atoms with Gasteiger partial charge >= 0.3 is 0 Å². The highest BCUT2D eigenvalue weighted by atomic mass is 35.5. The van der Waals surface area contributed by atoms with E-state index in [0.29, 0.717) is 0 Å². The third-order valence-electron chi connectivity index (χ3n) is 5.20. The zero-order chi connectivity index (χ0) is 11.0. The Hall–Kier alpha value is 0.250. The van der Waals surface area contributed by atoms with Crippen molar-refractivity contribution in [3.8, 4) is 0 Å². The summed E-state index contributed by atoms with van der Waals surface area (Å²) in [7, 11) is 0. The number of fused-ring (bicyclic) bond motifs is 2. The van der Waals surface area contributed by atoms with Gasteiger partial charge in [0.2, 0.25) is 0 Å². The summed E-state index contributed by atoms with van der Waals surface area (Å²) < 4.78 is 0. The average molecular weight is 242 g/mol. The molecular weight excluding hydrogens is 218 g/mol. The molecule has 0 aromatic rings. The van der Waals surface area contributed by atoms with Gasteiger partial charge in [-0.15, -0.1) is 11.6 Å². The Labute approximate surface area is 105 Å². The lowest BCUT2D eigenvalue weighted by molar-refractivity contribution is 0.138. The minimum atomic E-state index is 0.772. The number of hydrogen-bond donors (Lipinski definition) is 0. The van der Waals surface area contributed by atoms with Crippen molar-refractivity contribution >= 4 is 11.6 Å². The number of likely N-dealkylation sites (tertiary alicyclic amines) is 1. The van der Waals surface area contributed by atoms with E-state index in [2.05, 4.69) is 4.90 Å². The first-order valence-corrected chi connectivity index (χ1v) is 7.67. The molecule has 1 nitrogen and oxygen atoms in total. The average Bonchev–Trinajstić information content (AvgIpc) is 2.91. The molecule has 0 spiro atoms. The zero-order valence-electron chi connectivity index (χ0n) is 10.2. The number of hydrogen-bond acceptors (Lipinski definition) is 1. The Morgan fingerprint density at radius 1 is 1.12 bits per heavy atom. The molecule has 1 aliphatic heterocycles. The lowest BCUT2D eigenvalue weighted by atomic mass is 9.87. The lowest BCUT2D eigenvalue weighted by Gasteiger charge is -2.35. The first-order chi connectivity index (χ1) is 7.85. The maximum Gasteiger partial charge on any atom is 0.0263 e. The maximum absolute atomic E-state index is 6.00. The Morgan fingerprint density at radius 2 is 2.06 bits per heavy atom. The molecule has 3 rings (SSSR count). The molecule has 0 aromatic heterocycles. The predicted molar refractivity (Wildman–Crippen MR) is 68.8 cm³/mol. The smallest absolute Gasteiger partial charge is 0.0263 e. The summed E-state index contributed by atoms with van der Waals surface area (Å²) in [6.07, 6.45) is 8.88. The first kappa shape index (κ1) is 11.3. The molecule has 3 aliphatic rings. The quantitative estimate of drug-likeness (QED) is 0.685. The van der Waals surface area contributed by atoms with Crippen LogP contribution in [0.3, 0.4) is 0 Å². The Bertz CT molecular complexity index is 243. The van der Waals surface area contributed by atoms with Crippen LogP contribution in [-0.2, 0) is 0 Å². The van der Waals surface area contributed by atoms with E-state index in [1.165, 1.54) is 51.7 Å². The standard InChI is InChI=1S/C14H24ClN/c15-8-12-2-1-5-16(9-12)10-14-7-11-3-4-13(14)6-11/h11-14H,1-10H2. The highest BCUT2D eigenvalue weighted by Crippen LogP contribution is 2.48. The third kappa shape index (κ3) is 2.26. The van der Waals surface area contributed by atoms with Gasteiger partial charge in [-0.25, -0.2) is 0 Å². The van der Waals surface area contributed by atoms with Gasteiger partial charge in [-0.05, 0) is 62.3 Å². The molecule has 4 unspecified atom stereocenters. The molecular formula is C14H24ClN. The number of rotatable bonds is 3. The van der Waals surface area contributed by atoms with Gasteiger partial charge in [0.05, 0.1) is 0 Å². The molecule has 2 saturated carbocycles. The SMILES string of the molecule is ClCC1CCCN(CC2CC3CCC2C3)C1. The molecule has 1 heterocycles. The van der Waals surface area contributed by atoms with Gasteiger partial charge in [0.25, 0.3) is 0 Å². The summed E-state index contributed by atoms with van der Waals surface area (Å²) in [5.74, 6) is 4.86. The van der Waals surface area contributed by atoms with Gasteiger partial charge in [-0.2, -0.15) is 0 Å². The second kappa shape index (κ2) is 4.86. The summed E-state index contributed by atoms with van der Waals surface area (Å²) in [4.78, 5) is 2.71. The maximum atomic E-state index is 6.00. The van der Waals surface area contributed by atoms with Gasteiger partial charge in [0.15, 0.2) is 0 Å². The van der Waals surface area contributed by atoms with Crippen molar-refractivity contribution in [2.24, 2.45) is 23.7 Å². The fraction of sp³-hybridized carbons (Fsp3) is 1.00. The monoisotopic (exact) mass is 241 g/mol. The van der Waals surface area contributed by atoms with Crippen molar-refractivity contribution in [3.05, 3.63) is 0 Å². The van der Waals surface area contributed by atoms with Crippen LogP contribution in [0.25, 0.3) is 0 Å². The van der Waals surface area contributed by atoms with Gasteiger partial charge in [0.1, 0.15) is 0 Å². The summed E-state index contributed by atoms with van der Waals surface area (Å²) in [5.41, 5.74) is 0. The van der Waals surface area contributed by atoms with Gasteiger partial charge in [-0.3, -0.25) is 0 Å². The summed E-state index contributed by atoms with van der Waals surface area (Å²) in [6, 6.07) is 0. The number of halogens is 1. The topological polar surface area (TPSA) is 3.24 Å². The van der Waals surface area contributed by atoms with Gasteiger partial charge in [0, 0.05) is 19.0 Å². The minimum Gasteiger partial charge on any atom is -0.303 e. The van der Waals surface area contributed by atoms with Gasteiger partial charge < -0.3 is 4.90 Å². The van der Waals surface area contributed by atoms with Crippen molar-refractivity contribution in [2.45, 2.75) is 38.5 Å². The highest BCUT2D eigenvalue weighted by Gasteiger charge is 2.40. The molecule has 1 saturated heterocycles. The van der Waals surface area contributed by atoms with Crippen LogP contribution in [0.15, 0.2) is 0 Å². The molecule has 4 atom stereocenters. The molecule has 0 N–H and O–H groups in total. The van der Waals surface area contributed by atoms with Crippen LogP contribution in [0.5, 0.6) is 0 Å². The number of nitrogens with zero attached hydrogens (tertiary/aromatic N) is 1. The molecule has 3 fully saturated rings. The molecule has 2 heteroatoms. The second-order valence-corrected chi connectivity index (χ2v) is 6.67. The van der Waals surface area contributed by atoms with Crippen LogP contribution in [0.2, 0.25) is 0 Å². The molecule has 2 aliphatic carbocycles. The van der Waals surface area contributed by atoms with Crippen molar-refractivity contribution in [1.29, 1.82) is 0 Å². The summed E-state index contributed by atoms with van der Waals surface area (Å²) >= 11 is 6.00. The molecule has 92 valence electrons. The van der Waals surface area contributed by atoms with E-state index < -0.39 is 0 Å². The van der Waals surface area contributed by atoms with E-state index in [4.69, 9.17) is 11.6 Å². The largest absolute Gasteiger partial charge is 0.303 e. The van der Waals surface area contributed by atoms with E-state index in [1.54, 1.807) is 6.42 Å². The van der Waals surface area contributed by atoms with Crippen LogP contribution in [0.1, 0.15) is 38.5 Å². The van der Waals surface area contributed by atoms with Crippen molar-refractivity contribution in [2.75, 3.05) is 25.5 Å². The Kier molecular flexibility index (Phi) is 3.44. The fourth-order valence-electron chi connectivity index (χ4n) is 4.37. The van der Waals surface area contributed by atoms with Crippen LogP contribution in [0, 0.1) is 23.7 Å². The minimum absolute atomic E-state index is 0.772. The highest BCUT2D eigenvalue weighted by molar-refractivity contribution is 6.18. The first-order valence-electron chi connectivity index (χ1n) is 7.13. The van der Waals surface area contributed by atoms with E-state index in [1.807, 2.05) is 0 Å². The zero-order valence-corrected chi connectivity index (χ0v) is 11.0. The van der Waals surface area contributed by atoms with Crippen LogP contribution < -0.4 is 0 Å². The van der Waals surface area contributed by atoms with Crippen LogP contribution in [-0.4, -0.2) is 30.4 Å². The molecule has 0 radical (unpaired) electrons. The Balaban J connectivity index is 1.51. The van der Waals surface area contributed by atoms with E-state index in [0.717, 1.165) is 29.6 Å². The third-order valence-corrected chi connectivity index (χ3v) is 5.64. The Morgan fingerprint density at radius 3 is 2.75 bits per heavy atom. The van der Waals surface area contributed by atoms with Crippen molar-refractivity contribution in [1.82, 2.24) is 4.90 Å². The number of piperidine rings is 1. The predicted octanol–water partition coefficient (Wildman–Crippen LogP) is 3.37. The van der Waals surface area contributed by atoms with Gasteiger partial charge in [-0.1, -0.05) is 6.42 Å². The van der Waals surface area contributed by atoms with Crippen LogP contribution >= 0.6 is 11.6 Å². The number of alkyl halides is 1. The van der Waals surface area contributed by atoms with E-state index in [9.17, 15) is 0 Å². The van der Waals surface area contributed by atoms with E-state index in [-0.39, 0.29) is 0 Å². The van der Waals surface area contributed by atoms with Crippen molar-refractivity contribution < 1.29 is 0 Å². The molecule has 16 heavy (non-hydrogen) atoms. The normalized spacial score (nSPS) is 44.1. The lowest BCUT2D eigenvalue weighted by Crippen LogP contribution is -2.40. The fourth-order valence-corrected chi connectivity index (χ4v) is 4.63. The second-order valence-electron chi connectivity index (χ2n) is 6.36. The summed E-state index contributed by atoms with van der Waals surface area (Å²) in [5, 5.41) is 0. The molecule has 0 amide bonds. The van der Waals surface area contributed by atoms with Crippen LogP contribution in [0.4, 0.5) is 0 Å². The van der Waals surface area contributed by atoms with Crippen molar-refractivity contribution in [3.63, 3.8) is 0 Å². The van der Waals surface area contributed by atoms with E-state index >= 15 is 0 Å². The molecule has 0 aromatic carbocycles. The summed E-state index contributed by atoms with van der Waals surface area (Å²) in [6.45, 7) is 3.99.